The van der Waals surface area contributed by atoms with Crippen molar-refractivity contribution in [1.82, 2.24) is 20.1 Å². The lowest BCUT2D eigenvalue weighted by Gasteiger charge is -2.16. The predicted octanol–water partition coefficient (Wildman–Crippen LogP) is 2.82. The number of hydrogen-bond acceptors (Lipinski definition) is 4. The van der Waals surface area contributed by atoms with E-state index in [9.17, 15) is 4.79 Å². The van der Waals surface area contributed by atoms with Crippen molar-refractivity contribution >= 4 is 11.6 Å². The van der Waals surface area contributed by atoms with Crippen LogP contribution in [0.5, 0.6) is 0 Å². The van der Waals surface area contributed by atoms with Crippen LogP contribution in [0.15, 0.2) is 61.2 Å². The first-order valence-corrected chi connectivity index (χ1v) is 8.08. The minimum Gasteiger partial charge on any atom is -0.378 e. The van der Waals surface area contributed by atoms with Crippen molar-refractivity contribution in [2.75, 3.05) is 19.0 Å². The van der Waals surface area contributed by atoms with Crippen molar-refractivity contribution < 1.29 is 4.79 Å². The van der Waals surface area contributed by atoms with E-state index in [0.29, 0.717) is 5.56 Å². The Hall–Kier alpha value is -3.15. The highest BCUT2D eigenvalue weighted by molar-refractivity contribution is 5.94. The van der Waals surface area contributed by atoms with Gasteiger partial charge < -0.3 is 10.2 Å². The fraction of sp³-hybridized carbons (Fsp3) is 0.211. The van der Waals surface area contributed by atoms with Gasteiger partial charge in [0.05, 0.1) is 11.7 Å². The van der Waals surface area contributed by atoms with E-state index in [2.05, 4.69) is 15.4 Å². The normalized spacial score (nSPS) is 11.8. The van der Waals surface area contributed by atoms with Crippen molar-refractivity contribution in [3.8, 4) is 5.69 Å². The second-order valence-electron chi connectivity index (χ2n) is 6.07. The molecule has 0 spiro atoms. The van der Waals surface area contributed by atoms with E-state index in [-0.39, 0.29) is 11.9 Å². The summed E-state index contributed by atoms with van der Waals surface area (Å²) in [6.07, 6.45) is 3.15. The molecule has 0 aliphatic heterocycles. The molecule has 6 nitrogen and oxygen atoms in total. The van der Waals surface area contributed by atoms with Gasteiger partial charge in [0.2, 0.25) is 0 Å². The van der Waals surface area contributed by atoms with E-state index in [0.717, 1.165) is 16.9 Å². The number of nitrogens with zero attached hydrogens (tertiary/aromatic N) is 4. The molecule has 1 heterocycles. The zero-order chi connectivity index (χ0) is 17.8. The van der Waals surface area contributed by atoms with Gasteiger partial charge in [-0.1, -0.05) is 12.1 Å². The van der Waals surface area contributed by atoms with E-state index in [1.807, 2.05) is 74.4 Å². The number of carbonyl (C=O) groups is 1. The number of nitrogens with one attached hydrogen (secondary N) is 1. The lowest BCUT2D eigenvalue weighted by molar-refractivity contribution is 0.0940. The molecule has 0 radical (unpaired) electrons. The second kappa shape index (κ2) is 7.17. The molecular formula is C19H21N5O. The van der Waals surface area contributed by atoms with Gasteiger partial charge in [0, 0.05) is 25.3 Å². The summed E-state index contributed by atoms with van der Waals surface area (Å²) < 4.78 is 1.69. The third-order valence-electron chi connectivity index (χ3n) is 4.07. The molecule has 0 aliphatic carbocycles. The first-order valence-electron chi connectivity index (χ1n) is 8.08. The van der Waals surface area contributed by atoms with Crippen molar-refractivity contribution in [1.29, 1.82) is 0 Å². The van der Waals surface area contributed by atoms with Crippen LogP contribution in [0, 0.1) is 0 Å². The van der Waals surface area contributed by atoms with E-state index in [4.69, 9.17) is 0 Å². The molecule has 1 N–H and O–H groups in total. The van der Waals surface area contributed by atoms with Crippen LogP contribution < -0.4 is 10.2 Å². The number of benzene rings is 2. The lowest BCUT2D eigenvalue weighted by atomic mass is 10.1. The Morgan fingerprint density at radius 1 is 1.08 bits per heavy atom. The Labute approximate surface area is 147 Å². The summed E-state index contributed by atoms with van der Waals surface area (Å²) in [5, 5.41) is 7.13. The zero-order valence-corrected chi connectivity index (χ0v) is 14.5. The summed E-state index contributed by atoms with van der Waals surface area (Å²) in [6.45, 7) is 1.97. The summed E-state index contributed by atoms with van der Waals surface area (Å²) in [5.41, 5.74) is 3.67. The Bertz CT molecular complexity index is 823. The third kappa shape index (κ3) is 3.85. The number of anilines is 1. The molecule has 3 aromatic rings. The van der Waals surface area contributed by atoms with Gasteiger partial charge in [0.25, 0.3) is 5.91 Å². The highest BCUT2D eigenvalue weighted by Crippen LogP contribution is 2.17. The standard InChI is InChI=1S/C19H21N5O/c1-14(15-4-10-18(11-5-15)24-13-20-12-21-24)22-19(25)16-6-8-17(9-7-16)23(2)3/h4-14H,1-3H3,(H,22,25). The molecule has 0 saturated carbocycles. The first-order chi connectivity index (χ1) is 12.0. The van der Waals surface area contributed by atoms with Crippen molar-refractivity contribution in [2.45, 2.75) is 13.0 Å². The van der Waals surface area contributed by atoms with Crippen LogP contribution >= 0.6 is 0 Å². The van der Waals surface area contributed by atoms with E-state index < -0.39 is 0 Å². The summed E-state index contributed by atoms with van der Waals surface area (Å²) in [6, 6.07) is 15.3. The van der Waals surface area contributed by atoms with E-state index in [1.54, 1.807) is 11.0 Å². The fourth-order valence-corrected chi connectivity index (χ4v) is 2.53. The maximum Gasteiger partial charge on any atom is 0.251 e. The SMILES string of the molecule is CC(NC(=O)c1ccc(N(C)C)cc1)c1ccc(-n2cncn2)cc1. The van der Waals surface area contributed by atoms with E-state index >= 15 is 0 Å². The van der Waals surface area contributed by atoms with Crippen molar-refractivity contribution in [2.24, 2.45) is 0 Å². The number of aromatic nitrogens is 3. The number of rotatable bonds is 5. The van der Waals surface area contributed by atoms with Gasteiger partial charge in [-0.3, -0.25) is 4.79 Å². The van der Waals surface area contributed by atoms with Gasteiger partial charge >= 0.3 is 0 Å². The molecule has 6 heteroatoms. The van der Waals surface area contributed by atoms with Crippen LogP contribution in [-0.2, 0) is 0 Å². The zero-order valence-electron chi connectivity index (χ0n) is 14.5. The quantitative estimate of drug-likeness (QED) is 0.779. The Balaban J connectivity index is 1.66. The number of carbonyl (C=O) groups excluding carboxylic acids is 1. The summed E-state index contributed by atoms with van der Waals surface area (Å²) in [4.78, 5) is 18.4. The molecular weight excluding hydrogens is 314 g/mol. The van der Waals surface area contributed by atoms with Gasteiger partial charge in [-0.2, -0.15) is 5.10 Å². The average molecular weight is 335 g/mol. The molecule has 1 atom stereocenters. The van der Waals surface area contributed by atoms with Crippen molar-refractivity contribution in [3.05, 3.63) is 72.3 Å². The molecule has 2 aromatic carbocycles. The lowest BCUT2D eigenvalue weighted by Crippen LogP contribution is -2.26. The molecule has 25 heavy (non-hydrogen) atoms. The van der Waals surface area contributed by atoms with Crippen molar-refractivity contribution in [3.63, 3.8) is 0 Å². The molecule has 0 fully saturated rings. The molecule has 3 rings (SSSR count). The summed E-state index contributed by atoms with van der Waals surface area (Å²) >= 11 is 0. The molecule has 1 amide bonds. The number of hydrogen-bond donors (Lipinski definition) is 1. The fourth-order valence-electron chi connectivity index (χ4n) is 2.53. The van der Waals surface area contributed by atoms with Crippen LogP contribution in [0.2, 0.25) is 0 Å². The van der Waals surface area contributed by atoms with Crippen LogP contribution in [-0.4, -0.2) is 34.8 Å². The molecule has 0 aliphatic rings. The van der Waals surface area contributed by atoms with Gasteiger partial charge in [-0.15, -0.1) is 0 Å². The van der Waals surface area contributed by atoms with Crippen LogP contribution in [0.25, 0.3) is 5.69 Å². The molecule has 128 valence electrons. The minimum atomic E-state index is -0.0918. The van der Waals surface area contributed by atoms with Gasteiger partial charge in [-0.05, 0) is 48.9 Å². The van der Waals surface area contributed by atoms with Gasteiger partial charge in [-0.25, -0.2) is 9.67 Å². The maximum atomic E-state index is 12.4. The van der Waals surface area contributed by atoms with Crippen LogP contribution in [0.3, 0.4) is 0 Å². The smallest absolute Gasteiger partial charge is 0.251 e. The minimum absolute atomic E-state index is 0.0850. The molecule has 1 unspecified atom stereocenters. The summed E-state index contributed by atoms with van der Waals surface area (Å²) in [5.74, 6) is -0.0850. The van der Waals surface area contributed by atoms with E-state index in [1.165, 1.54) is 6.33 Å². The van der Waals surface area contributed by atoms with Crippen LogP contribution in [0.1, 0.15) is 28.9 Å². The Morgan fingerprint density at radius 3 is 2.32 bits per heavy atom. The second-order valence-corrected chi connectivity index (χ2v) is 6.07. The molecule has 0 saturated heterocycles. The molecule has 1 aromatic heterocycles. The third-order valence-corrected chi connectivity index (χ3v) is 4.07. The topological polar surface area (TPSA) is 63.1 Å². The Kier molecular flexibility index (Phi) is 4.79. The highest BCUT2D eigenvalue weighted by Gasteiger charge is 2.12. The predicted molar refractivity (Wildman–Crippen MR) is 98.0 cm³/mol. The van der Waals surface area contributed by atoms with Crippen LogP contribution in [0.4, 0.5) is 5.69 Å². The average Bonchev–Trinajstić information content (AvgIpc) is 3.16. The van der Waals surface area contributed by atoms with Gasteiger partial charge in [0.1, 0.15) is 12.7 Å². The first kappa shape index (κ1) is 16.7. The summed E-state index contributed by atoms with van der Waals surface area (Å²) in [7, 11) is 3.94. The largest absolute Gasteiger partial charge is 0.378 e. The monoisotopic (exact) mass is 335 g/mol. The number of amides is 1. The maximum absolute atomic E-state index is 12.4. The Morgan fingerprint density at radius 2 is 1.76 bits per heavy atom. The highest BCUT2D eigenvalue weighted by atomic mass is 16.1. The molecule has 0 bridgehead atoms. The van der Waals surface area contributed by atoms with Gasteiger partial charge in [0.15, 0.2) is 0 Å².